The Morgan fingerprint density at radius 3 is 2.50 bits per heavy atom. The van der Waals surface area contributed by atoms with Crippen LogP contribution in [0.3, 0.4) is 0 Å². The molecule has 0 aliphatic carbocycles. The number of amides is 3. The summed E-state index contributed by atoms with van der Waals surface area (Å²) in [5.74, 6) is 0.335. The lowest BCUT2D eigenvalue weighted by atomic mass is 9.99. The molecule has 5 rings (SSSR count). The second-order valence-electron chi connectivity index (χ2n) is 9.43. The van der Waals surface area contributed by atoms with E-state index in [9.17, 15) is 19.5 Å². The molecule has 8 nitrogen and oxygen atoms in total. The van der Waals surface area contributed by atoms with Crippen molar-refractivity contribution < 1.29 is 19.5 Å². The van der Waals surface area contributed by atoms with Crippen molar-refractivity contribution in [1.29, 1.82) is 0 Å². The Balaban J connectivity index is 0.000000212. The molecule has 3 amide bonds. The van der Waals surface area contributed by atoms with Gasteiger partial charge in [0.1, 0.15) is 12.3 Å². The predicted molar refractivity (Wildman–Crippen MR) is 153 cm³/mol. The summed E-state index contributed by atoms with van der Waals surface area (Å²) in [4.78, 5) is 36.6. The van der Waals surface area contributed by atoms with Gasteiger partial charge in [-0.3, -0.25) is 14.4 Å². The van der Waals surface area contributed by atoms with E-state index in [4.69, 9.17) is 0 Å². The average Bonchev–Trinajstić information content (AvgIpc) is 3.11. The summed E-state index contributed by atoms with van der Waals surface area (Å²) in [6.45, 7) is 12.2. The normalized spacial score (nSPS) is 14.2. The molecule has 2 aliphatic rings. The summed E-state index contributed by atoms with van der Waals surface area (Å²) >= 11 is 3.49. The quantitative estimate of drug-likeness (QED) is 0.350. The molecule has 3 heterocycles. The lowest BCUT2D eigenvalue weighted by molar-refractivity contribution is -0.128. The Bertz CT molecular complexity index is 1310. The Hall–Kier alpha value is -3.59. The van der Waals surface area contributed by atoms with Gasteiger partial charge in [0.25, 0.3) is 0 Å². The minimum Gasteiger partial charge on any atom is -0.508 e. The molecule has 38 heavy (non-hydrogen) atoms. The molecule has 1 aromatic heterocycles. The van der Waals surface area contributed by atoms with Gasteiger partial charge in [0.05, 0.1) is 6.04 Å². The number of allylic oxidation sites excluding steroid dienone is 1. The van der Waals surface area contributed by atoms with Gasteiger partial charge in [0.2, 0.25) is 18.7 Å². The highest BCUT2D eigenvalue weighted by atomic mass is 79.9. The van der Waals surface area contributed by atoms with E-state index in [1.165, 1.54) is 5.56 Å². The van der Waals surface area contributed by atoms with Gasteiger partial charge in [0.15, 0.2) is 0 Å². The van der Waals surface area contributed by atoms with Crippen LogP contribution < -0.4 is 5.32 Å². The van der Waals surface area contributed by atoms with E-state index in [0.29, 0.717) is 38.5 Å². The average molecular weight is 584 g/mol. The first-order valence-corrected chi connectivity index (χ1v) is 13.3. The van der Waals surface area contributed by atoms with Crippen molar-refractivity contribution in [3.05, 3.63) is 75.9 Å². The number of benzene rings is 2. The summed E-state index contributed by atoms with van der Waals surface area (Å²) < 4.78 is 3.08. The highest BCUT2D eigenvalue weighted by Crippen LogP contribution is 2.28. The standard InChI is InChI=1S/C16H18BrN3O2.C10H11NO2.C3H6/c1-10-11(2)20(15-4-3-12(17)5-14(10)15)8-16(22)18-13-6-19(7-13)9-21;12-7-11-5-4-9-8(6-11)2-1-3-10(9)13;1-3-2/h3-5,9,13H,6-8H2,1-2H3,(H,18,22);1-3,7,13H,4-6H2;3H,1H2,2H3. The van der Waals surface area contributed by atoms with Crippen LogP contribution in [-0.4, -0.2) is 63.9 Å². The highest BCUT2D eigenvalue weighted by Gasteiger charge is 2.27. The molecular formula is C29H35BrN4O4. The van der Waals surface area contributed by atoms with Crippen LogP contribution in [0.15, 0.2) is 53.5 Å². The molecule has 0 spiro atoms. The lowest BCUT2D eigenvalue weighted by Crippen LogP contribution is -2.58. The van der Waals surface area contributed by atoms with Crippen molar-refractivity contribution in [2.75, 3.05) is 19.6 Å². The molecule has 0 atom stereocenters. The van der Waals surface area contributed by atoms with Gasteiger partial charge in [-0.2, -0.15) is 0 Å². The third kappa shape index (κ3) is 6.83. The minimum absolute atomic E-state index is 0.0153. The number of carbonyl (C=O) groups is 3. The van der Waals surface area contributed by atoms with Gasteiger partial charge in [-0.05, 0) is 62.6 Å². The largest absolute Gasteiger partial charge is 0.508 e. The number of nitrogens with one attached hydrogen (secondary N) is 1. The zero-order valence-corrected chi connectivity index (χ0v) is 23.7. The first kappa shape index (κ1) is 29.0. The van der Waals surface area contributed by atoms with Crippen molar-refractivity contribution in [3.8, 4) is 5.75 Å². The number of hydrogen-bond donors (Lipinski definition) is 2. The number of aryl methyl sites for hydroxylation is 1. The van der Waals surface area contributed by atoms with Crippen LogP contribution >= 0.6 is 15.9 Å². The number of halogens is 1. The monoisotopic (exact) mass is 582 g/mol. The van der Waals surface area contributed by atoms with Crippen LogP contribution in [-0.2, 0) is 33.9 Å². The maximum absolute atomic E-state index is 12.2. The van der Waals surface area contributed by atoms with Crippen molar-refractivity contribution >= 4 is 45.6 Å². The summed E-state index contributed by atoms with van der Waals surface area (Å²) in [6, 6.07) is 11.6. The molecular weight excluding hydrogens is 548 g/mol. The molecule has 9 heteroatoms. The van der Waals surface area contributed by atoms with Gasteiger partial charge >= 0.3 is 0 Å². The van der Waals surface area contributed by atoms with Gasteiger partial charge in [-0.25, -0.2) is 0 Å². The topological polar surface area (TPSA) is 94.9 Å². The molecule has 1 saturated heterocycles. The number of aromatic nitrogens is 1. The number of phenols is 1. The molecule has 202 valence electrons. The van der Waals surface area contributed by atoms with Crippen molar-refractivity contribution in [2.24, 2.45) is 0 Å². The maximum atomic E-state index is 12.2. The third-order valence-electron chi connectivity index (χ3n) is 6.75. The van der Waals surface area contributed by atoms with Crippen molar-refractivity contribution in [1.82, 2.24) is 19.7 Å². The Morgan fingerprint density at radius 1 is 1.16 bits per heavy atom. The number of rotatable bonds is 5. The van der Waals surface area contributed by atoms with Crippen LogP contribution in [0.4, 0.5) is 0 Å². The van der Waals surface area contributed by atoms with E-state index < -0.39 is 0 Å². The number of aromatic hydroxyl groups is 1. The molecule has 1 fully saturated rings. The maximum Gasteiger partial charge on any atom is 0.240 e. The number of fused-ring (bicyclic) bond motifs is 2. The van der Waals surface area contributed by atoms with E-state index in [2.05, 4.69) is 40.8 Å². The molecule has 3 aromatic rings. The summed E-state index contributed by atoms with van der Waals surface area (Å²) in [5, 5.41) is 13.6. The van der Waals surface area contributed by atoms with Crippen LogP contribution in [0.25, 0.3) is 10.9 Å². The van der Waals surface area contributed by atoms with Crippen LogP contribution in [0, 0.1) is 13.8 Å². The third-order valence-corrected chi connectivity index (χ3v) is 7.24. The molecule has 2 N–H and O–H groups in total. The Kier molecular flexibility index (Phi) is 10.1. The zero-order chi connectivity index (χ0) is 27.8. The second kappa shape index (κ2) is 13.3. The zero-order valence-electron chi connectivity index (χ0n) is 22.1. The van der Waals surface area contributed by atoms with Crippen LogP contribution in [0.1, 0.15) is 29.3 Å². The predicted octanol–water partition coefficient (Wildman–Crippen LogP) is 4.08. The van der Waals surface area contributed by atoms with Gasteiger partial charge < -0.3 is 24.8 Å². The van der Waals surface area contributed by atoms with E-state index >= 15 is 0 Å². The van der Waals surface area contributed by atoms with E-state index in [1.54, 1.807) is 21.9 Å². The fourth-order valence-electron chi connectivity index (χ4n) is 4.63. The van der Waals surface area contributed by atoms with Gasteiger partial charge in [0, 0.05) is 52.8 Å². The highest BCUT2D eigenvalue weighted by molar-refractivity contribution is 9.10. The van der Waals surface area contributed by atoms with E-state index in [0.717, 1.165) is 51.4 Å². The van der Waals surface area contributed by atoms with Crippen LogP contribution in [0.5, 0.6) is 5.75 Å². The van der Waals surface area contributed by atoms with Gasteiger partial charge in [-0.1, -0.05) is 34.1 Å². The summed E-state index contributed by atoms with van der Waals surface area (Å²) in [6.07, 6.45) is 4.17. The number of nitrogens with zero attached hydrogens (tertiary/aromatic N) is 3. The molecule has 2 aromatic carbocycles. The number of carbonyl (C=O) groups excluding carboxylic acids is 3. The molecule has 0 bridgehead atoms. The summed E-state index contributed by atoms with van der Waals surface area (Å²) in [7, 11) is 0. The van der Waals surface area contributed by atoms with Gasteiger partial charge in [-0.15, -0.1) is 6.58 Å². The second-order valence-corrected chi connectivity index (χ2v) is 10.3. The molecule has 0 unspecified atom stereocenters. The van der Waals surface area contributed by atoms with E-state index in [1.807, 2.05) is 42.7 Å². The first-order chi connectivity index (χ1) is 18.2. The SMILES string of the molecule is C=CC.Cc1c(C)n(CC(=O)NC2CN(C=O)C2)c2ccc(Br)cc12.O=CN1CCc2c(O)cccc2C1. The Morgan fingerprint density at radius 2 is 1.84 bits per heavy atom. The first-order valence-electron chi connectivity index (χ1n) is 12.5. The lowest BCUT2D eigenvalue weighted by Gasteiger charge is -2.36. The Labute approximate surface area is 232 Å². The fourth-order valence-corrected chi connectivity index (χ4v) is 4.99. The van der Waals surface area contributed by atoms with Crippen LogP contribution in [0.2, 0.25) is 0 Å². The summed E-state index contributed by atoms with van der Waals surface area (Å²) in [5.41, 5.74) is 5.40. The number of hydrogen-bond acceptors (Lipinski definition) is 4. The van der Waals surface area contributed by atoms with Crippen molar-refractivity contribution in [2.45, 2.75) is 46.3 Å². The number of phenolic OH excluding ortho intramolecular Hbond substituents is 1. The minimum atomic E-state index is -0.0153. The molecule has 0 saturated carbocycles. The number of likely N-dealkylation sites (tertiary alicyclic amines) is 1. The van der Waals surface area contributed by atoms with Crippen molar-refractivity contribution in [3.63, 3.8) is 0 Å². The smallest absolute Gasteiger partial charge is 0.240 e. The fraction of sp³-hybridized carbons (Fsp3) is 0.345. The molecule has 2 aliphatic heterocycles. The molecule has 0 radical (unpaired) electrons. The van der Waals surface area contributed by atoms with E-state index in [-0.39, 0.29) is 11.9 Å².